The van der Waals surface area contributed by atoms with Crippen LogP contribution in [0.2, 0.25) is 0 Å². The van der Waals surface area contributed by atoms with Crippen molar-refractivity contribution >= 4 is 25.7 Å². The molecule has 0 saturated carbocycles. The molecule has 0 saturated heterocycles. The summed E-state index contributed by atoms with van der Waals surface area (Å²) in [5, 5.41) is 9.82. The van der Waals surface area contributed by atoms with Crippen LogP contribution in [0, 0.1) is 0 Å². The molecule has 0 heterocycles. The van der Waals surface area contributed by atoms with Crippen LogP contribution >= 0.6 is 7.82 Å². The van der Waals surface area contributed by atoms with Crippen LogP contribution in [-0.2, 0) is 42.2 Å². The maximum absolute atomic E-state index is 12.9. The van der Waals surface area contributed by atoms with Gasteiger partial charge in [-0.25, -0.2) is 4.57 Å². The van der Waals surface area contributed by atoms with Crippen LogP contribution < -0.4 is 0 Å². The van der Waals surface area contributed by atoms with Crippen LogP contribution in [0.25, 0.3) is 0 Å². The molecule has 0 aliphatic heterocycles. The first-order valence-corrected chi connectivity index (χ1v) is 32.0. The first kappa shape index (κ1) is 72.7. The summed E-state index contributed by atoms with van der Waals surface area (Å²) < 4.78 is 39.6. The van der Waals surface area contributed by atoms with E-state index in [1.807, 2.05) is 0 Å². The summed E-state index contributed by atoms with van der Waals surface area (Å²) in [7, 11) is -4.76. The largest absolute Gasteiger partial charge is 0.472 e. The minimum atomic E-state index is -4.76. The highest BCUT2D eigenvalue weighted by atomic mass is 31.2. The Hall–Kier alpha value is -3.34. The lowest BCUT2D eigenvalue weighted by atomic mass is 10.1. The fraction of sp³-hybridized carbons (Fsp3) is 0.734. The number of hydrogen-bond donors (Lipinski definition) is 2. The van der Waals surface area contributed by atoms with Gasteiger partial charge in [0.25, 0.3) is 0 Å². The van der Waals surface area contributed by atoms with Crippen LogP contribution in [0.5, 0.6) is 0 Å². The highest BCUT2D eigenvalue weighted by molar-refractivity contribution is 7.47. The van der Waals surface area contributed by atoms with Gasteiger partial charge in [0.1, 0.15) is 12.7 Å². The summed E-state index contributed by atoms with van der Waals surface area (Å²) in [5.74, 6) is -1.50. The van der Waals surface area contributed by atoms with Gasteiger partial charge in [0.05, 0.1) is 19.8 Å². The third-order valence-corrected chi connectivity index (χ3v) is 13.7. The molecule has 0 aromatic rings. The van der Waals surface area contributed by atoms with Gasteiger partial charge in [-0.15, -0.1) is 0 Å². The molecule has 0 amide bonds. The zero-order valence-electron chi connectivity index (χ0n) is 48.5. The van der Waals surface area contributed by atoms with Crippen LogP contribution in [0.3, 0.4) is 0 Å². The van der Waals surface area contributed by atoms with Crippen molar-refractivity contribution in [2.75, 3.05) is 26.4 Å². The van der Waals surface area contributed by atoms with Crippen LogP contribution in [0.4, 0.5) is 0 Å². The molecular formula is C64H111O11P. The van der Waals surface area contributed by atoms with E-state index < -0.39 is 57.8 Å². The lowest BCUT2D eigenvalue weighted by Crippen LogP contribution is -2.30. The molecule has 0 aliphatic rings. The van der Waals surface area contributed by atoms with E-state index in [9.17, 15) is 28.9 Å². The standard InChI is InChI=1S/C64H111O11P/c1-4-7-10-13-16-19-22-25-27-29-30-32-33-36-38-41-44-47-50-53-62(66)71-57-61(75-64(68)55-52-49-46-43-40-37-34-31-28-26-23-20-17-14-11-8-5-2)59-73-76(69,70)72-58-60(56-65)74-63(67)54-51-48-45-42-39-35-24-21-18-15-12-9-6-3/h7,10,12,15-16,19,21,24-28,30,32,60-61,65H,4-6,8-9,11,13-14,17-18,20,22-23,29,31,33-59H2,1-3H3,(H,69,70)/b10-7-,15-12-,19-16-,24-21-,27-25-,28-26-,32-30-. The van der Waals surface area contributed by atoms with Crippen molar-refractivity contribution in [2.24, 2.45) is 0 Å². The number of phosphoric ester groups is 1. The molecule has 11 nitrogen and oxygen atoms in total. The van der Waals surface area contributed by atoms with Crippen LogP contribution in [0.15, 0.2) is 85.1 Å². The second-order valence-electron chi connectivity index (χ2n) is 20.1. The van der Waals surface area contributed by atoms with Gasteiger partial charge in [0.2, 0.25) is 0 Å². The van der Waals surface area contributed by atoms with Gasteiger partial charge in [-0.1, -0.05) is 221 Å². The molecule has 12 heteroatoms. The molecule has 76 heavy (non-hydrogen) atoms. The first-order valence-electron chi connectivity index (χ1n) is 30.5. The minimum absolute atomic E-state index is 0.156. The van der Waals surface area contributed by atoms with E-state index in [4.69, 9.17) is 23.3 Å². The summed E-state index contributed by atoms with van der Waals surface area (Å²) in [5.41, 5.74) is 0. The van der Waals surface area contributed by atoms with E-state index in [1.54, 1.807) is 0 Å². The van der Waals surface area contributed by atoms with Crippen molar-refractivity contribution in [2.45, 2.75) is 277 Å². The van der Waals surface area contributed by atoms with E-state index in [-0.39, 0.29) is 25.9 Å². The fourth-order valence-electron chi connectivity index (χ4n) is 8.14. The number of allylic oxidation sites excluding steroid dienone is 14. The number of unbranched alkanes of at least 4 members (excludes halogenated alkanes) is 25. The van der Waals surface area contributed by atoms with Gasteiger partial charge >= 0.3 is 25.7 Å². The monoisotopic (exact) mass is 1090 g/mol. The van der Waals surface area contributed by atoms with E-state index in [2.05, 4.69) is 106 Å². The summed E-state index contributed by atoms with van der Waals surface area (Å²) in [6.07, 6.45) is 66.8. The quantitative estimate of drug-likeness (QED) is 0.0197. The number of rotatable bonds is 56. The van der Waals surface area contributed by atoms with Gasteiger partial charge in [-0.2, -0.15) is 0 Å². The molecule has 0 rings (SSSR count). The number of ether oxygens (including phenoxy) is 3. The number of esters is 3. The van der Waals surface area contributed by atoms with Crippen molar-refractivity contribution < 1.29 is 52.2 Å². The summed E-state index contributed by atoms with van der Waals surface area (Å²) in [4.78, 5) is 48.6. The SMILES string of the molecule is CC/C=C\C/C=C\C/C=C\C/C=C\CCCCCCCCC(=O)OCC(COP(=O)(O)OCC(CO)OC(=O)CCCCCCC/C=C\C/C=C\CCC)OC(=O)CCCCCCCCC/C=C\CCCCCCCC. The molecule has 3 atom stereocenters. The second-order valence-corrected chi connectivity index (χ2v) is 21.6. The van der Waals surface area contributed by atoms with Gasteiger partial charge < -0.3 is 24.2 Å². The zero-order chi connectivity index (χ0) is 55.5. The Kier molecular flexibility index (Phi) is 55.3. The number of carbonyl (C=O) groups excluding carboxylic acids is 3. The first-order chi connectivity index (χ1) is 37.2. The Morgan fingerprint density at radius 3 is 1.12 bits per heavy atom. The molecule has 0 aromatic heterocycles. The highest BCUT2D eigenvalue weighted by Gasteiger charge is 2.28. The molecule has 0 spiro atoms. The second kappa shape index (κ2) is 57.8. The van der Waals surface area contributed by atoms with E-state index >= 15 is 0 Å². The normalized spacial score (nSPS) is 13.9. The van der Waals surface area contributed by atoms with Gasteiger partial charge in [-0.3, -0.25) is 23.4 Å². The maximum atomic E-state index is 12.9. The van der Waals surface area contributed by atoms with Gasteiger partial charge in [0, 0.05) is 19.3 Å². The summed E-state index contributed by atoms with van der Waals surface area (Å²) in [6, 6.07) is 0. The lowest BCUT2D eigenvalue weighted by molar-refractivity contribution is -0.161. The molecule has 0 aromatic carbocycles. The number of hydrogen-bond acceptors (Lipinski definition) is 10. The zero-order valence-corrected chi connectivity index (χ0v) is 49.3. The number of phosphoric acid groups is 1. The van der Waals surface area contributed by atoms with E-state index in [1.165, 1.54) is 57.8 Å². The average molecular weight is 1090 g/mol. The summed E-state index contributed by atoms with van der Waals surface area (Å²) >= 11 is 0. The third kappa shape index (κ3) is 55.4. The average Bonchev–Trinajstić information content (AvgIpc) is 3.41. The number of carbonyl (C=O) groups is 3. The smallest absolute Gasteiger partial charge is 0.462 e. The van der Waals surface area contributed by atoms with Crippen molar-refractivity contribution in [3.63, 3.8) is 0 Å². The van der Waals surface area contributed by atoms with Gasteiger partial charge in [0.15, 0.2) is 6.10 Å². The highest BCUT2D eigenvalue weighted by Crippen LogP contribution is 2.43. The van der Waals surface area contributed by atoms with Gasteiger partial charge in [-0.05, 0) is 109 Å². The molecular weight excluding hydrogens is 976 g/mol. The Bertz CT molecular complexity index is 1600. The molecule has 3 unspecified atom stereocenters. The van der Waals surface area contributed by atoms with E-state index in [0.29, 0.717) is 19.3 Å². The topological polar surface area (TPSA) is 155 Å². The van der Waals surface area contributed by atoms with E-state index in [0.717, 1.165) is 148 Å². The predicted octanol–water partition coefficient (Wildman–Crippen LogP) is 18.3. The molecule has 0 fully saturated rings. The molecule has 0 radical (unpaired) electrons. The maximum Gasteiger partial charge on any atom is 0.472 e. The van der Waals surface area contributed by atoms with Crippen molar-refractivity contribution in [1.82, 2.24) is 0 Å². The van der Waals surface area contributed by atoms with Crippen molar-refractivity contribution in [1.29, 1.82) is 0 Å². The van der Waals surface area contributed by atoms with Crippen LogP contribution in [0.1, 0.15) is 265 Å². The van der Waals surface area contributed by atoms with Crippen LogP contribution in [-0.4, -0.2) is 66.5 Å². The fourth-order valence-corrected chi connectivity index (χ4v) is 8.93. The lowest BCUT2D eigenvalue weighted by Gasteiger charge is -2.21. The summed E-state index contributed by atoms with van der Waals surface area (Å²) in [6.45, 7) is 4.44. The predicted molar refractivity (Wildman–Crippen MR) is 316 cm³/mol. The van der Waals surface area contributed by atoms with Crippen molar-refractivity contribution in [3.05, 3.63) is 85.1 Å². The number of aliphatic hydroxyl groups excluding tert-OH is 1. The molecule has 0 aliphatic carbocycles. The minimum Gasteiger partial charge on any atom is -0.462 e. The Labute approximate surface area is 464 Å². The molecule has 2 N–H and O–H groups in total. The Balaban J connectivity index is 4.76. The number of aliphatic hydroxyl groups is 1. The Morgan fingerprint density at radius 2 is 0.711 bits per heavy atom. The third-order valence-electron chi connectivity index (χ3n) is 12.8. The molecule has 0 bridgehead atoms. The Morgan fingerprint density at radius 1 is 0.382 bits per heavy atom. The van der Waals surface area contributed by atoms with Crippen molar-refractivity contribution in [3.8, 4) is 0 Å². The molecule has 438 valence electrons.